The van der Waals surface area contributed by atoms with E-state index in [1.807, 2.05) is 0 Å². The maximum absolute atomic E-state index is 14.0. The van der Waals surface area contributed by atoms with Crippen LogP contribution >= 0.6 is 0 Å². The minimum atomic E-state index is -0.741. The molecule has 27 heavy (non-hydrogen) atoms. The number of benzene rings is 1. The van der Waals surface area contributed by atoms with Crippen molar-refractivity contribution in [1.29, 1.82) is 5.26 Å². The number of aryl methyl sites for hydroxylation is 1. The summed E-state index contributed by atoms with van der Waals surface area (Å²) in [4.78, 5) is 8.79. The number of halogens is 1. The molecule has 5 rings (SSSR count). The van der Waals surface area contributed by atoms with Crippen LogP contribution < -0.4 is 4.73 Å². The summed E-state index contributed by atoms with van der Waals surface area (Å²) in [6, 6.07) is 4.38. The summed E-state index contributed by atoms with van der Waals surface area (Å²) in [6.07, 6.45) is 2.52. The van der Waals surface area contributed by atoms with Gasteiger partial charge in [-0.15, -0.1) is 0 Å². The predicted molar refractivity (Wildman–Crippen MR) is 90.9 cm³/mol. The molecule has 2 unspecified atom stereocenters. The van der Waals surface area contributed by atoms with Crippen molar-refractivity contribution in [2.75, 3.05) is 0 Å². The van der Waals surface area contributed by atoms with Crippen molar-refractivity contribution in [2.45, 2.75) is 26.2 Å². The molecule has 134 valence electrons. The van der Waals surface area contributed by atoms with Crippen LogP contribution in [0.1, 0.15) is 36.4 Å². The van der Waals surface area contributed by atoms with Gasteiger partial charge in [0.05, 0.1) is 0 Å². The Labute approximate surface area is 152 Å². The lowest BCUT2D eigenvalue weighted by molar-refractivity contribution is -0.583. The molecular weight excluding hydrogens is 351 g/mol. The van der Waals surface area contributed by atoms with E-state index < -0.39 is 5.82 Å². The number of aromatic nitrogens is 5. The molecule has 0 aliphatic heterocycles. The summed E-state index contributed by atoms with van der Waals surface area (Å²) < 4.78 is 21.5. The summed E-state index contributed by atoms with van der Waals surface area (Å²) in [5.74, 6) is 0.922. The molecule has 9 heteroatoms. The fraction of sp³-hybridized carbons (Fsp3) is 0.278. The monoisotopic (exact) mass is 364 g/mol. The van der Waals surface area contributed by atoms with Crippen LogP contribution in [-0.2, 0) is 0 Å². The minimum absolute atomic E-state index is 0.0351. The highest BCUT2D eigenvalue weighted by molar-refractivity contribution is 5.85. The third kappa shape index (κ3) is 2.07. The molecule has 3 heterocycles. The Bertz CT molecular complexity index is 1280. The van der Waals surface area contributed by atoms with Gasteiger partial charge >= 0.3 is 0 Å². The number of hydrogen-bond donors (Lipinski definition) is 0. The van der Waals surface area contributed by atoms with E-state index in [1.54, 1.807) is 17.4 Å². The van der Waals surface area contributed by atoms with Crippen LogP contribution in [0.15, 0.2) is 23.0 Å². The molecule has 4 aromatic rings. The van der Waals surface area contributed by atoms with Crippen molar-refractivity contribution in [3.63, 3.8) is 0 Å². The lowest BCUT2D eigenvalue weighted by atomic mass is 10.1. The molecule has 1 fully saturated rings. The molecule has 1 aliphatic carbocycles. The SMILES string of the molecule is Cc1c2c(-c3noc(C4CC4C)n3)ncn2c2ccc(F)c(C#N)c2[n+]1[O-]. The zero-order chi connectivity index (χ0) is 18.9. The van der Waals surface area contributed by atoms with Crippen LogP contribution in [-0.4, -0.2) is 19.5 Å². The van der Waals surface area contributed by atoms with Crippen molar-refractivity contribution >= 4 is 16.6 Å². The van der Waals surface area contributed by atoms with E-state index in [9.17, 15) is 14.9 Å². The van der Waals surface area contributed by atoms with Crippen molar-refractivity contribution in [3.05, 3.63) is 46.6 Å². The number of nitriles is 1. The average molecular weight is 364 g/mol. The molecule has 2 atom stereocenters. The van der Waals surface area contributed by atoms with E-state index in [0.29, 0.717) is 39.1 Å². The molecule has 0 amide bonds. The lowest BCUT2D eigenvalue weighted by Crippen LogP contribution is -2.33. The number of nitrogens with zero attached hydrogens (tertiary/aromatic N) is 6. The van der Waals surface area contributed by atoms with Gasteiger partial charge in [-0.25, -0.2) is 9.37 Å². The largest absolute Gasteiger partial charge is 0.618 e. The summed E-state index contributed by atoms with van der Waals surface area (Å²) in [5, 5.41) is 26.1. The number of rotatable bonds is 2. The summed E-state index contributed by atoms with van der Waals surface area (Å²) in [5.41, 5.74) is 1.21. The van der Waals surface area contributed by atoms with E-state index in [-0.39, 0.29) is 22.7 Å². The topological polar surface area (TPSA) is 107 Å². The van der Waals surface area contributed by atoms with E-state index in [0.717, 1.165) is 12.5 Å². The zero-order valence-corrected chi connectivity index (χ0v) is 14.5. The second-order valence-corrected chi connectivity index (χ2v) is 6.87. The third-order valence-electron chi connectivity index (χ3n) is 5.18. The van der Waals surface area contributed by atoms with Crippen molar-refractivity contribution < 1.29 is 13.6 Å². The molecule has 0 radical (unpaired) electrons. The number of imidazole rings is 1. The van der Waals surface area contributed by atoms with Crippen LogP contribution in [0.3, 0.4) is 0 Å². The lowest BCUT2D eigenvalue weighted by Gasteiger charge is -2.09. The van der Waals surface area contributed by atoms with Gasteiger partial charge in [0.2, 0.25) is 17.4 Å². The quantitative estimate of drug-likeness (QED) is 0.400. The highest BCUT2D eigenvalue weighted by atomic mass is 19.1. The molecular formula is C18H13FN6O2. The molecule has 1 aromatic carbocycles. The van der Waals surface area contributed by atoms with Crippen molar-refractivity contribution in [1.82, 2.24) is 19.5 Å². The third-order valence-corrected chi connectivity index (χ3v) is 5.18. The fourth-order valence-electron chi connectivity index (χ4n) is 3.51. The molecule has 8 nitrogen and oxygen atoms in total. The van der Waals surface area contributed by atoms with Gasteiger partial charge in [0, 0.05) is 12.8 Å². The first kappa shape index (κ1) is 15.7. The van der Waals surface area contributed by atoms with Gasteiger partial charge in [-0.3, -0.25) is 4.40 Å². The van der Waals surface area contributed by atoms with Gasteiger partial charge in [0.15, 0.2) is 5.56 Å². The van der Waals surface area contributed by atoms with E-state index in [2.05, 4.69) is 22.0 Å². The molecule has 0 spiro atoms. The Balaban J connectivity index is 1.80. The fourth-order valence-corrected chi connectivity index (χ4v) is 3.51. The smallest absolute Gasteiger partial charge is 0.262 e. The molecule has 1 aliphatic rings. The Hall–Kier alpha value is -3.54. The van der Waals surface area contributed by atoms with Crippen molar-refractivity contribution in [3.8, 4) is 17.6 Å². The number of fused-ring (bicyclic) bond motifs is 3. The first-order valence-corrected chi connectivity index (χ1v) is 8.46. The highest BCUT2D eigenvalue weighted by Gasteiger charge is 2.39. The summed E-state index contributed by atoms with van der Waals surface area (Å²) in [6.45, 7) is 3.70. The first-order valence-electron chi connectivity index (χ1n) is 8.46. The van der Waals surface area contributed by atoms with Gasteiger partial charge < -0.3 is 9.73 Å². The summed E-state index contributed by atoms with van der Waals surface area (Å²) in [7, 11) is 0. The maximum Gasteiger partial charge on any atom is 0.262 e. The molecule has 3 aromatic heterocycles. The molecule has 1 saturated carbocycles. The zero-order valence-electron chi connectivity index (χ0n) is 14.5. The number of hydrogen-bond acceptors (Lipinski definition) is 6. The summed E-state index contributed by atoms with van der Waals surface area (Å²) >= 11 is 0. The first-order chi connectivity index (χ1) is 13.0. The Morgan fingerprint density at radius 1 is 1.44 bits per heavy atom. The molecule has 0 saturated heterocycles. The van der Waals surface area contributed by atoms with E-state index in [1.165, 1.54) is 12.4 Å². The van der Waals surface area contributed by atoms with Gasteiger partial charge in [-0.05, 0) is 24.5 Å². The van der Waals surface area contributed by atoms with E-state index >= 15 is 0 Å². The van der Waals surface area contributed by atoms with Crippen LogP contribution in [0, 0.1) is 35.2 Å². The molecule has 0 bridgehead atoms. The van der Waals surface area contributed by atoms with Gasteiger partial charge in [-0.2, -0.15) is 15.0 Å². The molecule has 0 N–H and O–H groups in total. The Kier molecular flexibility index (Phi) is 3.04. The predicted octanol–water partition coefficient (Wildman–Crippen LogP) is 2.61. The second-order valence-electron chi connectivity index (χ2n) is 6.87. The van der Waals surface area contributed by atoms with Crippen LogP contribution in [0.2, 0.25) is 0 Å². The Morgan fingerprint density at radius 3 is 2.93 bits per heavy atom. The minimum Gasteiger partial charge on any atom is -0.618 e. The van der Waals surface area contributed by atoms with Gasteiger partial charge in [-0.1, -0.05) is 12.1 Å². The van der Waals surface area contributed by atoms with Crippen LogP contribution in [0.4, 0.5) is 4.39 Å². The normalized spacial score (nSPS) is 18.9. The van der Waals surface area contributed by atoms with Crippen LogP contribution in [0.5, 0.6) is 0 Å². The highest BCUT2D eigenvalue weighted by Crippen LogP contribution is 2.46. The maximum atomic E-state index is 14.0. The van der Waals surface area contributed by atoms with Gasteiger partial charge in [0.25, 0.3) is 5.52 Å². The Morgan fingerprint density at radius 2 is 2.22 bits per heavy atom. The second kappa shape index (κ2) is 5.23. The van der Waals surface area contributed by atoms with Crippen molar-refractivity contribution in [2.24, 2.45) is 5.92 Å². The average Bonchev–Trinajstić information content (AvgIpc) is 3.07. The van der Waals surface area contributed by atoms with Gasteiger partial charge in [0.1, 0.15) is 34.9 Å². The van der Waals surface area contributed by atoms with Crippen LogP contribution in [0.25, 0.3) is 28.1 Å². The standard InChI is InChI=1S/C18H13FN6O2/c1-8-5-10(8)18-22-17(23-27-18)14-15-9(2)25(26)16-11(6-20)12(19)3-4-13(16)24(15)7-21-14/h3-4,7-8,10H,5H2,1-2H3. The van der Waals surface area contributed by atoms with E-state index in [4.69, 9.17) is 4.52 Å².